The molecular formula is C16H19F2N3O5. The van der Waals surface area contributed by atoms with Gasteiger partial charge < -0.3 is 14.7 Å². The smallest absolute Gasteiger partial charge is 0.407 e. The fraction of sp³-hybridized carbons (Fsp3) is 0.438. The highest BCUT2D eigenvalue weighted by Crippen LogP contribution is 2.27. The van der Waals surface area contributed by atoms with Gasteiger partial charge in [-0.3, -0.25) is 15.0 Å². The number of non-ortho nitro benzene ring substituents is 1. The van der Waals surface area contributed by atoms with E-state index in [9.17, 15) is 23.7 Å². The molecule has 0 aromatic heterocycles. The van der Waals surface area contributed by atoms with Crippen LogP contribution >= 0.6 is 0 Å². The fourth-order valence-corrected chi connectivity index (χ4v) is 2.82. The maximum Gasteiger partial charge on any atom is 0.407 e. The van der Waals surface area contributed by atoms with Gasteiger partial charge in [0.25, 0.3) is 11.8 Å². The van der Waals surface area contributed by atoms with Gasteiger partial charge in [0.1, 0.15) is 12.4 Å². The number of nitro benzene ring substituents is 1. The molecule has 1 atom stereocenters. The second kappa shape index (κ2) is 8.56. The molecule has 0 aliphatic carbocycles. The van der Waals surface area contributed by atoms with Crippen molar-refractivity contribution >= 4 is 17.9 Å². The molecule has 2 rings (SSSR count). The Morgan fingerprint density at radius 2 is 2.19 bits per heavy atom. The average Bonchev–Trinajstić information content (AvgIpc) is 2.55. The Bertz CT molecular complexity index is 709. The summed E-state index contributed by atoms with van der Waals surface area (Å²) in [6.45, 7) is 3.95. The lowest BCUT2D eigenvalue weighted by Gasteiger charge is -2.38. The van der Waals surface area contributed by atoms with Crippen molar-refractivity contribution in [2.45, 2.75) is 13.0 Å². The Kier molecular flexibility index (Phi) is 6.45. The number of piperazine rings is 1. The van der Waals surface area contributed by atoms with E-state index in [1.807, 2.05) is 11.8 Å². The second-order valence-corrected chi connectivity index (χ2v) is 5.89. The van der Waals surface area contributed by atoms with Crippen molar-refractivity contribution in [2.75, 3.05) is 32.8 Å². The van der Waals surface area contributed by atoms with E-state index in [4.69, 9.17) is 9.84 Å². The molecule has 1 saturated heterocycles. The number of rotatable bonds is 6. The lowest BCUT2D eigenvalue weighted by atomic mass is 10.1. The highest BCUT2D eigenvalue weighted by atomic mass is 19.3. The van der Waals surface area contributed by atoms with Crippen LogP contribution in [0, 0.1) is 10.1 Å². The Morgan fingerprint density at radius 3 is 2.77 bits per heavy atom. The number of halogens is 2. The number of carboxylic acid groups (broad SMARTS) is 1. The van der Waals surface area contributed by atoms with Gasteiger partial charge in [-0.05, 0) is 13.0 Å². The molecule has 1 aliphatic rings. The van der Waals surface area contributed by atoms with Gasteiger partial charge in [-0.2, -0.15) is 8.78 Å². The third kappa shape index (κ3) is 5.12. The molecule has 1 aromatic rings. The highest BCUT2D eigenvalue weighted by Gasteiger charge is 2.26. The zero-order valence-corrected chi connectivity index (χ0v) is 14.1. The van der Waals surface area contributed by atoms with Crippen molar-refractivity contribution in [3.05, 3.63) is 40.0 Å². The molecule has 1 aliphatic heterocycles. The van der Waals surface area contributed by atoms with Crippen LogP contribution in [0.15, 0.2) is 24.3 Å². The molecule has 0 bridgehead atoms. The molecule has 8 nitrogen and oxygen atoms in total. The van der Waals surface area contributed by atoms with Gasteiger partial charge in [0.15, 0.2) is 0 Å². The van der Waals surface area contributed by atoms with Gasteiger partial charge in [-0.1, -0.05) is 0 Å². The Labute approximate surface area is 148 Å². The lowest BCUT2D eigenvalue weighted by molar-refractivity contribution is -0.384. The molecule has 0 saturated carbocycles. The Morgan fingerprint density at radius 1 is 1.46 bits per heavy atom. The predicted molar refractivity (Wildman–Crippen MR) is 89.4 cm³/mol. The Balaban J connectivity index is 1.96. The molecule has 0 unspecified atom stereocenters. The predicted octanol–water partition coefficient (Wildman–Crippen LogP) is 2.90. The summed E-state index contributed by atoms with van der Waals surface area (Å²) in [5, 5.41) is 19.8. The molecule has 1 N–H and O–H groups in total. The van der Waals surface area contributed by atoms with Crippen molar-refractivity contribution < 1.29 is 28.3 Å². The number of carbonyl (C=O) groups is 1. The number of ether oxygens (including phenoxy) is 1. The molecule has 10 heteroatoms. The standard InChI is InChI=1S/C16H19F2N3O5/c1-11-10-19(4-5-20(11)16(22)23)6-7-26-14-3-2-13(21(24)25)8-12(14)9-15(17)18/h2-3,8-9,11H,4-7,10H2,1H3,(H,22,23)/t11-/m0/s1. The first-order valence-electron chi connectivity index (χ1n) is 7.93. The molecule has 1 aromatic carbocycles. The van der Waals surface area contributed by atoms with Gasteiger partial charge in [0.2, 0.25) is 0 Å². The normalized spacial score (nSPS) is 17.7. The van der Waals surface area contributed by atoms with Crippen LogP contribution in [0.3, 0.4) is 0 Å². The van der Waals surface area contributed by atoms with Crippen LogP contribution in [0.2, 0.25) is 0 Å². The minimum absolute atomic E-state index is 0.0664. The molecule has 142 valence electrons. The highest BCUT2D eigenvalue weighted by molar-refractivity contribution is 5.65. The third-order valence-electron chi connectivity index (χ3n) is 4.09. The van der Waals surface area contributed by atoms with E-state index in [2.05, 4.69) is 0 Å². The van der Waals surface area contributed by atoms with E-state index >= 15 is 0 Å². The van der Waals surface area contributed by atoms with Crippen molar-refractivity contribution in [3.8, 4) is 5.75 Å². The van der Waals surface area contributed by atoms with Gasteiger partial charge in [-0.25, -0.2) is 4.79 Å². The van der Waals surface area contributed by atoms with E-state index in [0.29, 0.717) is 32.3 Å². The van der Waals surface area contributed by atoms with Crippen molar-refractivity contribution in [3.63, 3.8) is 0 Å². The first kappa shape index (κ1) is 19.6. The summed E-state index contributed by atoms with van der Waals surface area (Å²) in [5.41, 5.74) is -0.369. The van der Waals surface area contributed by atoms with E-state index in [-0.39, 0.29) is 29.6 Å². The summed E-state index contributed by atoms with van der Waals surface area (Å²) in [6.07, 6.45) is -2.41. The summed E-state index contributed by atoms with van der Waals surface area (Å²) in [5.74, 6) is 0.126. The summed E-state index contributed by atoms with van der Waals surface area (Å²) in [7, 11) is 0. The van der Waals surface area contributed by atoms with Crippen molar-refractivity contribution in [2.24, 2.45) is 0 Å². The minimum atomic E-state index is -1.98. The maximum atomic E-state index is 12.6. The molecule has 0 radical (unpaired) electrons. The van der Waals surface area contributed by atoms with Crippen molar-refractivity contribution in [1.29, 1.82) is 0 Å². The SMILES string of the molecule is C[C@H]1CN(CCOc2ccc([N+](=O)[O-])cc2C=C(F)F)CCN1C(=O)O. The van der Waals surface area contributed by atoms with Gasteiger partial charge in [0.05, 0.1) is 4.92 Å². The monoisotopic (exact) mass is 371 g/mol. The van der Waals surface area contributed by atoms with Crippen LogP contribution in [-0.4, -0.2) is 64.8 Å². The van der Waals surface area contributed by atoms with Crippen LogP contribution in [0.4, 0.5) is 19.3 Å². The molecule has 26 heavy (non-hydrogen) atoms. The summed E-state index contributed by atoms with van der Waals surface area (Å²) in [4.78, 5) is 24.5. The van der Waals surface area contributed by atoms with Crippen LogP contribution in [0.1, 0.15) is 12.5 Å². The van der Waals surface area contributed by atoms with Gasteiger partial charge in [0, 0.05) is 56.0 Å². The maximum absolute atomic E-state index is 12.6. The summed E-state index contributed by atoms with van der Waals surface area (Å²) < 4.78 is 30.6. The van der Waals surface area contributed by atoms with Crippen LogP contribution in [-0.2, 0) is 0 Å². The number of benzene rings is 1. The average molecular weight is 371 g/mol. The molecular weight excluding hydrogens is 352 g/mol. The first-order valence-corrected chi connectivity index (χ1v) is 7.93. The minimum Gasteiger partial charge on any atom is -0.492 e. The largest absolute Gasteiger partial charge is 0.492 e. The Hall–Kier alpha value is -2.75. The molecule has 1 heterocycles. The van der Waals surface area contributed by atoms with Crippen LogP contribution in [0.25, 0.3) is 6.08 Å². The second-order valence-electron chi connectivity index (χ2n) is 5.89. The molecule has 0 spiro atoms. The molecule has 1 fully saturated rings. The van der Waals surface area contributed by atoms with E-state index in [1.165, 1.54) is 17.0 Å². The number of hydrogen-bond donors (Lipinski definition) is 1. The number of amides is 1. The number of nitrogens with zero attached hydrogens (tertiary/aromatic N) is 3. The fourth-order valence-electron chi connectivity index (χ4n) is 2.82. The van der Waals surface area contributed by atoms with E-state index in [1.54, 1.807) is 0 Å². The summed E-state index contributed by atoms with van der Waals surface area (Å²) >= 11 is 0. The first-order chi connectivity index (χ1) is 12.3. The van der Waals surface area contributed by atoms with Crippen molar-refractivity contribution in [1.82, 2.24) is 9.80 Å². The molecule has 1 amide bonds. The quantitative estimate of drug-likeness (QED) is 0.610. The summed E-state index contributed by atoms with van der Waals surface area (Å²) in [6, 6.07) is 3.36. The van der Waals surface area contributed by atoms with Crippen LogP contribution in [0.5, 0.6) is 5.75 Å². The lowest BCUT2D eigenvalue weighted by Crippen LogP contribution is -2.54. The number of hydrogen-bond acceptors (Lipinski definition) is 5. The van der Waals surface area contributed by atoms with E-state index in [0.717, 1.165) is 6.07 Å². The number of nitro groups is 1. The van der Waals surface area contributed by atoms with Gasteiger partial charge >= 0.3 is 6.09 Å². The van der Waals surface area contributed by atoms with Crippen LogP contribution < -0.4 is 4.74 Å². The third-order valence-corrected chi connectivity index (χ3v) is 4.09. The zero-order chi connectivity index (χ0) is 19.3. The van der Waals surface area contributed by atoms with Gasteiger partial charge in [-0.15, -0.1) is 0 Å². The zero-order valence-electron chi connectivity index (χ0n) is 14.1. The van der Waals surface area contributed by atoms with E-state index < -0.39 is 17.1 Å². The topological polar surface area (TPSA) is 96.2 Å².